The molecule has 4 aliphatic rings. The van der Waals surface area contributed by atoms with Gasteiger partial charge in [0.15, 0.2) is 11.6 Å². The molecule has 1 aromatic carbocycles. The van der Waals surface area contributed by atoms with Gasteiger partial charge in [0.05, 0.1) is 4.88 Å². The number of carbonyl (C=O) groups is 1. The molecular weight excluding hydrogens is 361 g/mol. The molecule has 27 heavy (non-hydrogen) atoms. The van der Waals surface area contributed by atoms with Crippen LogP contribution < -0.4 is 10.1 Å². The Bertz CT molecular complexity index is 820. The fourth-order valence-corrected chi connectivity index (χ4v) is 6.48. The van der Waals surface area contributed by atoms with Gasteiger partial charge in [0.1, 0.15) is 6.61 Å². The Kier molecular flexibility index (Phi) is 4.43. The zero-order valence-corrected chi connectivity index (χ0v) is 16.0. The van der Waals surface area contributed by atoms with Crippen molar-refractivity contribution in [2.24, 2.45) is 23.7 Å². The minimum absolute atomic E-state index is 0.0367. The van der Waals surface area contributed by atoms with Crippen molar-refractivity contribution in [3.63, 3.8) is 0 Å². The Hall–Kier alpha value is -1.88. The minimum atomic E-state index is -0.368. The van der Waals surface area contributed by atoms with Crippen molar-refractivity contribution in [2.45, 2.75) is 44.8 Å². The molecule has 1 amide bonds. The molecule has 1 aromatic heterocycles. The molecule has 0 radical (unpaired) electrons. The van der Waals surface area contributed by atoms with E-state index >= 15 is 0 Å². The van der Waals surface area contributed by atoms with Crippen LogP contribution in [0.1, 0.15) is 47.3 Å². The number of rotatable bonds is 5. The standard InChI is InChI=1S/C22H24FNO2S/c23-18-3-1-2-4-19(18)26-11-15-10-20(27-12-15)22(25)24-21-16-6-13-5-14(8-16)9-17(21)7-13/h1-4,10,12-14,16-17,21H,5-9,11H2,(H,24,25). The van der Waals surface area contributed by atoms with Gasteiger partial charge in [-0.05, 0) is 79.4 Å². The molecule has 6 rings (SSSR count). The third kappa shape index (κ3) is 3.38. The Morgan fingerprint density at radius 3 is 2.52 bits per heavy atom. The number of amides is 1. The summed E-state index contributed by atoms with van der Waals surface area (Å²) in [4.78, 5) is 13.5. The Morgan fingerprint density at radius 2 is 1.81 bits per heavy atom. The lowest BCUT2D eigenvalue weighted by Crippen LogP contribution is -2.55. The van der Waals surface area contributed by atoms with E-state index < -0.39 is 0 Å². The number of carbonyl (C=O) groups excluding carboxylic acids is 1. The van der Waals surface area contributed by atoms with E-state index in [0.717, 1.165) is 22.3 Å². The van der Waals surface area contributed by atoms with Crippen LogP contribution >= 0.6 is 11.3 Å². The highest BCUT2D eigenvalue weighted by atomic mass is 32.1. The van der Waals surface area contributed by atoms with Crippen molar-refractivity contribution in [3.05, 3.63) is 52.0 Å². The maximum atomic E-state index is 13.6. The van der Waals surface area contributed by atoms with E-state index in [-0.39, 0.29) is 24.1 Å². The van der Waals surface area contributed by atoms with Gasteiger partial charge >= 0.3 is 0 Å². The Labute approximate surface area is 162 Å². The van der Waals surface area contributed by atoms with Crippen molar-refractivity contribution in [1.29, 1.82) is 0 Å². The maximum absolute atomic E-state index is 13.6. The summed E-state index contributed by atoms with van der Waals surface area (Å²) in [6, 6.07) is 8.60. The monoisotopic (exact) mass is 385 g/mol. The summed E-state index contributed by atoms with van der Waals surface area (Å²) in [5, 5.41) is 5.27. The molecule has 0 saturated heterocycles. The molecule has 3 nitrogen and oxygen atoms in total. The average molecular weight is 386 g/mol. The summed E-state index contributed by atoms with van der Waals surface area (Å²) in [6.45, 7) is 0.267. The summed E-state index contributed by atoms with van der Waals surface area (Å²) in [5.41, 5.74) is 0.901. The first-order valence-corrected chi connectivity index (χ1v) is 10.8. The number of hydrogen-bond donors (Lipinski definition) is 1. The quantitative estimate of drug-likeness (QED) is 0.785. The smallest absolute Gasteiger partial charge is 0.261 e. The number of halogens is 1. The minimum Gasteiger partial charge on any atom is -0.486 e. The fraction of sp³-hybridized carbons (Fsp3) is 0.500. The maximum Gasteiger partial charge on any atom is 0.261 e. The molecule has 4 saturated carbocycles. The first kappa shape index (κ1) is 17.2. The van der Waals surface area contributed by atoms with Crippen molar-refractivity contribution in [2.75, 3.05) is 0 Å². The van der Waals surface area contributed by atoms with Crippen molar-refractivity contribution in [1.82, 2.24) is 5.32 Å². The Balaban J connectivity index is 1.21. The Morgan fingerprint density at radius 1 is 1.11 bits per heavy atom. The van der Waals surface area contributed by atoms with Gasteiger partial charge in [-0.1, -0.05) is 12.1 Å². The van der Waals surface area contributed by atoms with E-state index in [1.54, 1.807) is 18.2 Å². The topological polar surface area (TPSA) is 38.3 Å². The first-order valence-electron chi connectivity index (χ1n) is 9.91. The highest BCUT2D eigenvalue weighted by molar-refractivity contribution is 7.12. The molecule has 1 heterocycles. The van der Waals surface area contributed by atoms with Crippen LogP contribution in [0, 0.1) is 29.5 Å². The van der Waals surface area contributed by atoms with Gasteiger partial charge in [-0.25, -0.2) is 4.39 Å². The molecule has 5 heteroatoms. The van der Waals surface area contributed by atoms with Crippen LogP contribution in [0.2, 0.25) is 0 Å². The normalized spacial score (nSPS) is 31.1. The second-order valence-electron chi connectivity index (χ2n) is 8.47. The van der Waals surface area contributed by atoms with Crippen molar-refractivity contribution < 1.29 is 13.9 Å². The lowest BCUT2D eigenvalue weighted by atomic mass is 9.54. The van der Waals surface area contributed by atoms with Crippen LogP contribution in [0.25, 0.3) is 0 Å². The fourth-order valence-electron chi connectivity index (χ4n) is 5.68. The van der Waals surface area contributed by atoms with Gasteiger partial charge in [0, 0.05) is 11.6 Å². The second-order valence-corrected chi connectivity index (χ2v) is 9.38. The van der Waals surface area contributed by atoms with E-state index in [2.05, 4.69) is 5.32 Å². The van der Waals surface area contributed by atoms with Crippen LogP contribution in [0.5, 0.6) is 5.75 Å². The first-order chi connectivity index (χ1) is 13.2. The van der Waals surface area contributed by atoms with E-state index in [9.17, 15) is 9.18 Å². The molecule has 0 aliphatic heterocycles. The molecule has 0 unspecified atom stereocenters. The van der Waals surface area contributed by atoms with Crippen molar-refractivity contribution >= 4 is 17.2 Å². The van der Waals surface area contributed by atoms with E-state index in [4.69, 9.17) is 4.74 Å². The van der Waals surface area contributed by atoms with Gasteiger partial charge in [0.2, 0.25) is 0 Å². The number of thiophene rings is 1. The van der Waals surface area contributed by atoms with E-state index in [0.29, 0.717) is 17.9 Å². The zero-order valence-electron chi connectivity index (χ0n) is 15.2. The predicted molar refractivity (Wildman–Crippen MR) is 103 cm³/mol. The summed E-state index contributed by atoms with van der Waals surface area (Å²) in [5.74, 6) is 3.07. The SMILES string of the molecule is O=C(NC1C2CC3CC(C2)CC1C3)c1cc(COc2ccccc2F)cs1. The van der Waals surface area contributed by atoms with Crippen LogP contribution in [-0.2, 0) is 6.61 Å². The number of benzene rings is 1. The third-order valence-electron chi connectivity index (χ3n) is 6.63. The van der Waals surface area contributed by atoms with Crippen LogP contribution in [0.15, 0.2) is 35.7 Å². The lowest BCUT2D eigenvalue weighted by Gasteiger charge is -2.54. The summed E-state index contributed by atoms with van der Waals surface area (Å²) >= 11 is 1.44. The van der Waals surface area contributed by atoms with Gasteiger partial charge < -0.3 is 10.1 Å². The van der Waals surface area contributed by atoms with Crippen LogP contribution in [-0.4, -0.2) is 11.9 Å². The molecule has 4 fully saturated rings. The number of hydrogen-bond acceptors (Lipinski definition) is 3. The molecule has 1 N–H and O–H groups in total. The van der Waals surface area contributed by atoms with Gasteiger partial charge in [-0.2, -0.15) is 0 Å². The highest BCUT2D eigenvalue weighted by Gasteiger charge is 2.48. The van der Waals surface area contributed by atoms with Gasteiger partial charge in [0.25, 0.3) is 5.91 Å². The van der Waals surface area contributed by atoms with Gasteiger partial charge in [-0.3, -0.25) is 4.79 Å². The summed E-state index contributed by atoms with van der Waals surface area (Å²) in [6.07, 6.45) is 6.60. The zero-order chi connectivity index (χ0) is 18.4. The molecule has 142 valence electrons. The predicted octanol–water partition coefficient (Wildman–Crippen LogP) is 5.02. The van der Waals surface area contributed by atoms with Gasteiger partial charge in [-0.15, -0.1) is 11.3 Å². The largest absolute Gasteiger partial charge is 0.486 e. The second kappa shape index (κ2) is 6.93. The molecular formula is C22H24FNO2S. The number of nitrogens with one attached hydrogen (secondary N) is 1. The highest BCUT2D eigenvalue weighted by Crippen LogP contribution is 2.53. The van der Waals surface area contributed by atoms with E-state index in [1.807, 2.05) is 11.4 Å². The molecule has 4 bridgehead atoms. The molecule has 2 aromatic rings. The van der Waals surface area contributed by atoms with Crippen molar-refractivity contribution in [3.8, 4) is 5.75 Å². The van der Waals surface area contributed by atoms with Crippen LogP contribution in [0.4, 0.5) is 4.39 Å². The lowest BCUT2D eigenvalue weighted by molar-refractivity contribution is -0.0119. The number of ether oxygens (including phenoxy) is 1. The van der Waals surface area contributed by atoms with E-state index in [1.165, 1.54) is 49.5 Å². The third-order valence-corrected chi connectivity index (χ3v) is 7.61. The summed E-state index contributed by atoms with van der Waals surface area (Å²) < 4.78 is 19.2. The molecule has 4 aliphatic carbocycles. The van der Waals surface area contributed by atoms with Crippen LogP contribution in [0.3, 0.4) is 0 Å². The summed E-state index contributed by atoms with van der Waals surface area (Å²) in [7, 11) is 0. The molecule has 0 spiro atoms. The average Bonchev–Trinajstić information content (AvgIpc) is 3.12. The number of para-hydroxylation sites is 1. The molecule has 0 atom stereocenters.